The first-order valence-electron chi connectivity index (χ1n) is 9.54. The summed E-state index contributed by atoms with van der Waals surface area (Å²) in [7, 11) is 1.57. The normalized spacial score (nSPS) is 11.5. The Morgan fingerprint density at radius 2 is 1.97 bits per heavy atom. The number of nitrogens with zero attached hydrogens (tertiary/aromatic N) is 2. The number of aromatic nitrogens is 2. The van der Waals surface area contributed by atoms with E-state index in [1.807, 2.05) is 37.3 Å². The fourth-order valence-corrected chi connectivity index (χ4v) is 3.05. The Kier molecular flexibility index (Phi) is 7.97. The van der Waals surface area contributed by atoms with Gasteiger partial charge in [0.1, 0.15) is 5.82 Å². The van der Waals surface area contributed by atoms with Gasteiger partial charge in [-0.1, -0.05) is 43.3 Å². The third-order valence-corrected chi connectivity index (χ3v) is 4.49. The molecule has 0 aliphatic heterocycles. The Bertz CT molecular complexity index is 976. The van der Waals surface area contributed by atoms with Gasteiger partial charge in [0, 0.05) is 25.8 Å². The van der Waals surface area contributed by atoms with Crippen LogP contribution < -0.4 is 21.9 Å². The number of aromatic amines is 1. The number of nitrogens with two attached hydrogens (primary N) is 1. The molecule has 29 heavy (non-hydrogen) atoms. The fourth-order valence-electron chi connectivity index (χ4n) is 3.05. The number of ether oxygens (including phenoxy) is 1. The van der Waals surface area contributed by atoms with Gasteiger partial charge >= 0.3 is 5.69 Å². The van der Waals surface area contributed by atoms with Crippen LogP contribution in [-0.2, 0) is 16.1 Å². The molecule has 0 aliphatic rings. The van der Waals surface area contributed by atoms with Crippen molar-refractivity contribution in [2.75, 3.05) is 30.9 Å². The Morgan fingerprint density at radius 1 is 1.28 bits per heavy atom. The number of H-pyrrole nitrogens is 1. The molecule has 0 atom stereocenters. The minimum atomic E-state index is -0.688. The maximum Gasteiger partial charge on any atom is 0.330 e. The van der Waals surface area contributed by atoms with Crippen LogP contribution in [0.4, 0.5) is 11.5 Å². The summed E-state index contributed by atoms with van der Waals surface area (Å²) >= 11 is 0. The van der Waals surface area contributed by atoms with Crippen LogP contribution in [0, 0.1) is 0 Å². The lowest BCUT2D eigenvalue weighted by molar-refractivity contribution is -0.115. The molecule has 1 amide bonds. The molecule has 3 N–H and O–H groups in total. The highest BCUT2D eigenvalue weighted by atomic mass is 16.5. The number of carbonyl (C=O) groups excluding carboxylic acids is 1. The number of nitrogen functional groups attached to an aromatic ring is 1. The summed E-state index contributed by atoms with van der Waals surface area (Å²) < 4.78 is 6.34. The summed E-state index contributed by atoms with van der Waals surface area (Å²) in [6.45, 7) is 4.45. The summed E-state index contributed by atoms with van der Waals surface area (Å²) in [4.78, 5) is 41.7. The number of amides is 1. The maximum atomic E-state index is 13.0. The van der Waals surface area contributed by atoms with Crippen LogP contribution >= 0.6 is 0 Å². The predicted molar refractivity (Wildman–Crippen MR) is 114 cm³/mol. The highest BCUT2D eigenvalue weighted by molar-refractivity contribution is 6.06. The Morgan fingerprint density at radius 3 is 2.59 bits per heavy atom. The molecule has 1 aromatic heterocycles. The molecule has 156 valence electrons. The molecule has 2 aromatic rings. The first-order chi connectivity index (χ1) is 13.9. The summed E-state index contributed by atoms with van der Waals surface area (Å²) in [5.74, 6) is -0.372. The Labute approximate surface area is 169 Å². The number of carbonyl (C=O) groups is 1. The van der Waals surface area contributed by atoms with Crippen LogP contribution in [0.2, 0.25) is 0 Å². The third-order valence-electron chi connectivity index (χ3n) is 4.49. The number of allylic oxidation sites excluding steroid dienone is 1. The number of nitrogens with one attached hydrogen (secondary N) is 1. The topological polar surface area (TPSA) is 110 Å². The van der Waals surface area contributed by atoms with Crippen molar-refractivity contribution in [3.63, 3.8) is 0 Å². The molecule has 0 aliphatic carbocycles. The van der Waals surface area contributed by atoms with Crippen LogP contribution in [0.3, 0.4) is 0 Å². The van der Waals surface area contributed by atoms with Gasteiger partial charge in [-0.25, -0.2) is 4.79 Å². The van der Waals surface area contributed by atoms with Gasteiger partial charge in [-0.05, 0) is 25.3 Å². The molecule has 8 heteroatoms. The molecule has 0 saturated heterocycles. The van der Waals surface area contributed by atoms with E-state index in [4.69, 9.17) is 10.5 Å². The van der Waals surface area contributed by atoms with Gasteiger partial charge in [0.05, 0.1) is 6.54 Å². The lowest BCUT2D eigenvalue weighted by Crippen LogP contribution is -2.42. The van der Waals surface area contributed by atoms with E-state index in [1.54, 1.807) is 20.1 Å². The highest BCUT2D eigenvalue weighted by Crippen LogP contribution is 2.20. The summed E-state index contributed by atoms with van der Waals surface area (Å²) in [5.41, 5.74) is 6.27. The number of rotatable bonds is 9. The fraction of sp³-hybridized carbons (Fsp3) is 0.381. The minimum absolute atomic E-state index is 0.0227. The van der Waals surface area contributed by atoms with Gasteiger partial charge in [0.25, 0.3) is 11.5 Å². The van der Waals surface area contributed by atoms with Crippen LogP contribution in [0.5, 0.6) is 0 Å². The van der Waals surface area contributed by atoms with Crippen LogP contribution in [0.15, 0.2) is 51.6 Å². The summed E-state index contributed by atoms with van der Waals surface area (Å²) in [6, 6.07) is 9.27. The van der Waals surface area contributed by atoms with E-state index in [1.165, 1.54) is 9.47 Å². The molecule has 0 fully saturated rings. The number of anilines is 2. The monoisotopic (exact) mass is 400 g/mol. The van der Waals surface area contributed by atoms with Crippen molar-refractivity contribution in [3.05, 3.63) is 68.4 Å². The van der Waals surface area contributed by atoms with Gasteiger partial charge in [-0.3, -0.25) is 19.1 Å². The Hall–Kier alpha value is -3.13. The molecular formula is C21H28N4O4. The molecule has 0 spiro atoms. The molecule has 1 aromatic carbocycles. The molecule has 0 radical (unpaired) electrons. The smallest absolute Gasteiger partial charge is 0.330 e. The van der Waals surface area contributed by atoms with E-state index in [2.05, 4.69) is 4.98 Å². The predicted octanol–water partition coefficient (Wildman–Crippen LogP) is 1.89. The minimum Gasteiger partial charge on any atom is -0.385 e. The Balaban J connectivity index is 2.55. The van der Waals surface area contributed by atoms with Gasteiger partial charge in [-0.15, -0.1) is 0 Å². The number of methoxy groups -OCH3 is 1. The lowest BCUT2D eigenvalue weighted by atomic mass is 10.2. The van der Waals surface area contributed by atoms with Gasteiger partial charge in [0.2, 0.25) is 0 Å². The van der Waals surface area contributed by atoms with Crippen LogP contribution in [0.1, 0.15) is 32.3 Å². The van der Waals surface area contributed by atoms with E-state index in [0.29, 0.717) is 25.0 Å². The molecule has 0 saturated carbocycles. The number of benzene rings is 1. The standard InChI is InChI=1S/C21H28N4O4/c1-4-9-15(2)20(27)24(12-8-13-29-3)17-18(22)25(21(28)23-19(17)26)14-16-10-6-5-7-11-16/h5-7,9-11H,4,8,12-14,22H2,1-3H3,(H,23,26,28)/b15-9-. The summed E-state index contributed by atoms with van der Waals surface area (Å²) in [6.07, 6.45) is 2.98. The van der Waals surface area contributed by atoms with Crippen molar-refractivity contribution in [1.82, 2.24) is 9.55 Å². The van der Waals surface area contributed by atoms with E-state index in [-0.39, 0.29) is 30.5 Å². The average Bonchev–Trinajstić information content (AvgIpc) is 2.70. The van der Waals surface area contributed by atoms with Crippen molar-refractivity contribution < 1.29 is 9.53 Å². The van der Waals surface area contributed by atoms with Crippen molar-refractivity contribution in [1.29, 1.82) is 0 Å². The van der Waals surface area contributed by atoms with Gasteiger partial charge in [-0.2, -0.15) is 0 Å². The van der Waals surface area contributed by atoms with Crippen molar-refractivity contribution >= 4 is 17.4 Å². The second-order valence-electron chi connectivity index (χ2n) is 6.66. The lowest BCUT2D eigenvalue weighted by Gasteiger charge is -2.25. The van der Waals surface area contributed by atoms with Crippen molar-refractivity contribution in [2.24, 2.45) is 0 Å². The molecule has 0 bridgehead atoms. The average molecular weight is 400 g/mol. The van der Waals surface area contributed by atoms with Gasteiger partial charge in [0.15, 0.2) is 5.69 Å². The zero-order valence-electron chi connectivity index (χ0n) is 17.1. The van der Waals surface area contributed by atoms with Crippen molar-refractivity contribution in [2.45, 2.75) is 33.2 Å². The van der Waals surface area contributed by atoms with Crippen LogP contribution in [-0.4, -0.2) is 35.7 Å². The number of hydrogen-bond acceptors (Lipinski definition) is 5. The SMILES string of the molecule is CC/C=C(/C)C(=O)N(CCCOC)c1c(N)n(Cc2ccccc2)c(=O)[nH]c1=O. The van der Waals surface area contributed by atoms with Crippen molar-refractivity contribution in [3.8, 4) is 0 Å². The molecule has 0 unspecified atom stereocenters. The first kappa shape index (κ1) is 22.2. The maximum absolute atomic E-state index is 13.0. The second-order valence-corrected chi connectivity index (χ2v) is 6.66. The quantitative estimate of drug-likeness (QED) is 0.493. The van der Waals surface area contributed by atoms with Crippen LogP contribution in [0.25, 0.3) is 0 Å². The molecule has 8 nitrogen and oxygen atoms in total. The largest absolute Gasteiger partial charge is 0.385 e. The first-order valence-corrected chi connectivity index (χ1v) is 9.54. The second kappa shape index (κ2) is 10.4. The zero-order valence-corrected chi connectivity index (χ0v) is 17.1. The van der Waals surface area contributed by atoms with E-state index < -0.39 is 11.2 Å². The van der Waals surface area contributed by atoms with E-state index in [0.717, 1.165) is 5.56 Å². The summed E-state index contributed by atoms with van der Waals surface area (Å²) in [5, 5.41) is 0. The molecule has 2 rings (SSSR count). The van der Waals surface area contributed by atoms with Gasteiger partial charge < -0.3 is 15.4 Å². The highest BCUT2D eigenvalue weighted by Gasteiger charge is 2.24. The van der Waals surface area contributed by atoms with E-state index in [9.17, 15) is 14.4 Å². The molecular weight excluding hydrogens is 372 g/mol. The number of hydrogen-bond donors (Lipinski definition) is 2. The third kappa shape index (κ3) is 5.45. The molecule has 1 heterocycles. The van der Waals surface area contributed by atoms with E-state index >= 15 is 0 Å². The zero-order chi connectivity index (χ0) is 21.4.